The van der Waals surface area contributed by atoms with Crippen molar-refractivity contribution in [3.63, 3.8) is 0 Å². The lowest BCUT2D eigenvalue weighted by Crippen LogP contribution is -1.77. The lowest BCUT2D eigenvalue weighted by Gasteiger charge is -2.02. The zero-order valence-corrected chi connectivity index (χ0v) is 10.9. The number of halogens is 1. The van der Waals surface area contributed by atoms with Crippen molar-refractivity contribution in [2.24, 2.45) is 0 Å². The maximum absolute atomic E-state index is 6.29. The molecule has 4 heteroatoms. The number of nitrogens with one attached hydrogen (secondary N) is 1. The maximum Gasteiger partial charge on any atom is 0.0651 e. The smallest absolute Gasteiger partial charge is 0.0651 e. The molecule has 3 aromatic rings. The van der Waals surface area contributed by atoms with Crippen LogP contribution in [0.5, 0.6) is 0 Å². The molecule has 3 rings (SSSR count). The van der Waals surface area contributed by atoms with E-state index in [9.17, 15) is 0 Å². The molecule has 0 amide bonds. The quantitative estimate of drug-likeness (QED) is 0.690. The van der Waals surface area contributed by atoms with Gasteiger partial charge >= 0.3 is 0 Å². The number of pyridine rings is 1. The molecule has 2 aromatic heterocycles. The number of hydrogen-bond donors (Lipinski definition) is 1. The van der Waals surface area contributed by atoms with Gasteiger partial charge in [-0.15, -0.1) is 11.8 Å². The highest BCUT2D eigenvalue weighted by atomic mass is 35.5. The average Bonchev–Trinajstić information content (AvgIpc) is 2.68. The molecular formula is C13H11ClN2S. The van der Waals surface area contributed by atoms with E-state index >= 15 is 0 Å². The van der Waals surface area contributed by atoms with Gasteiger partial charge in [0.25, 0.3) is 0 Å². The van der Waals surface area contributed by atoms with Gasteiger partial charge in [0.05, 0.1) is 16.7 Å². The molecule has 0 aliphatic carbocycles. The summed E-state index contributed by atoms with van der Waals surface area (Å²) in [5.41, 5.74) is 2.17. The topological polar surface area (TPSA) is 28.7 Å². The minimum absolute atomic E-state index is 0.821. The predicted molar refractivity (Wildman–Crippen MR) is 75.0 cm³/mol. The number of benzene rings is 1. The fourth-order valence-electron chi connectivity index (χ4n) is 2.02. The molecule has 0 atom stereocenters. The predicted octanol–water partition coefficient (Wildman–Crippen LogP) is 4.48. The molecule has 86 valence electrons. The van der Waals surface area contributed by atoms with E-state index in [1.807, 2.05) is 18.3 Å². The largest absolute Gasteiger partial charge is 0.353 e. The Morgan fingerprint density at radius 3 is 3.00 bits per heavy atom. The number of nitrogens with zero attached hydrogens (tertiary/aromatic N) is 1. The Morgan fingerprint density at radius 2 is 2.18 bits per heavy atom. The summed E-state index contributed by atoms with van der Waals surface area (Å²) in [6, 6.07) is 6.16. The standard InChI is InChI=1S/C13H11ClN2S/c1-2-17-13-6-11-9(5-10(13)14)8-3-4-15-7-12(8)16-11/h3-7,16H,2H2,1H3. The molecule has 2 nitrogen and oxygen atoms in total. The summed E-state index contributed by atoms with van der Waals surface area (Å²) in [6.07, 6.45) is 3.65. The molecule has 1 N–H and O–H groups in total. The Balaban J connectivity index is 2.34. The molecule has 1 aromatic carbocycles. The van der Waals surface area contributed by atoms with Crippen LogP contribution in [0.25, 0.3) is 21.8 Å². The first-order valence-electron chi connectivity index (χ1n) is 5.47. The van der Waals surface area contributed by atoms with Gasteiger partial charge < -0.3 is 4.98 Å². The van der Waals surface area contributed by atoms with Gasteiger partial charge in [-0.2, -0.15) is 0 Å². The summed E-state index contributed by atoms with van der Waals surface area (Å²) in [4.78, 5) is 8.62. The zero-order valence-electron chi connectivity index (χ0n) is 9.33. The van der Waals surface area contributed by atoms with E-state index in [0.29, 0.717) is 0 Å². The minimum Gasteiger partial charge on any atom is -0.353 e. The van der Waals surface area contributed by atoms with Crippen LogP contribution in [-0.4, -0.2) is 15.7 Å². The maximum atomic E-state index is 6.29. The molecule has 0 unspecified atom stereocenters. The van der Waals surface area contributed by atoms with Gasteiger partial charge in [-0.05, 0) is 24.0 Å². The number of hydrogen-bond acceptors (Lipinski definition) is 2. The van der Waals surface area contributed by atoms with Gasteiger partial charge in [0.2, 0.25) is 0 Å². The third-order valence-corrected chi connectivity index (χ3v) is 4.11. The van der Waals surface area contributed by atoms with E-state index in [2.05, 4.69) is 23.0 Å². The number of fused-ring (bicyclic) bond motifs is 3. The lowest BCUT2D eigenvalue weighted by molar-refractivity contribution is 1.34. The van der Waals surface area contributed by atoms with E-state index < -0.39 is 0 Å². The molecule has 0 aliphatic heterocycles. The summed E-state index contributed by atoms with van der Waals surface area (Å²) in [7, 11) is 0. The Kier molecular flexibility index (Phi) is 2.73. The SMILES string of the molecule is CCSc1cc2[nH]c3cnccc3c2cc1Cl. The van der Waals surface area contributed by atoms with Crippen LogP contribution in [0.15, 0.2) is 35.5 Å². The van der Waals surface area contributed by atoms with Gasteiger partial charge in [0, 0.05) is 27.4 Å². The highest BCUT2D eigenvalue weighted by Crippen LogP contribution is 2.34. The minimum atomic E-state index is 0.821. The van der Waals surface area contributed by atoms with E-state index in [0.717, 1.165) is 32.1 Å². The second kappa shape index (κ2) is 4.24. The van der Waals surface area contributed by atoms with Crippen molar-refractivity contribution in [2.75, 3.05) is 5.75 Å². The summed E-state index contributed by atoms with van der Waals surface area (Å²) in [5, 5.41) is 3.15. The van der Waals surface area contributed by atoms with Gasteiger partial charge in [0.1, 0.15) is 0 Å². The van der Waals surface area contributed by atoms with E-state index in [1.54, 1.807) is 18.0 Å². The van der Waals surface area contributed by atoms with Gasteiger partial charge in [-0.3, -0.25) is 4.98 Å². The van der Waals surface area contributed by atoms with E-state index in [-0.39, 0.29) is 0 Å². The van der Waals surface area contributed by atoms with Crippen LogP contribution in [0, 0.1) is 0 Å². The third-order valence-electron chi connectivity index (χ3n) is 2.75. The second-order valence-corrected chi connectivity index (χ2v) is 5.52. The van der Waals surface area contributed by atoms with Crippen LogP contribution in [0.2, 0.25) is 5.02 Å². The van der Waals surface area contributed by atoms with Crippen molar-refractivity contribution in [3.8, 4) is 0 Å². The summed E-state index contributed by atoms with van der Waals surface area (Å²) < 4.78 is 0. The molecule has 0 aliphatic rings. The Morgan fingerprint density at radius 1 is 1.29 bits per heavy atom. The molecule has 0 radical (unpaired) electrons. The molecule has 0 saturated heterocycles. The van der Waals surface area contributed by atoms with Crippen LogP contribution in [0.3, 0.4) is 0 Å². The van der Waals surface area contributed by atoms with Crippen LogP contribution in [0.4, 0.5) is 0 Å². The highest BCUT2D eigenvalue weighted by molar-refractivity contribution is 7.99. The van der Waals surface area contributed by atoms with Gasteiger partial charge in [0.15, 0.2) is 0 Å². The van der Waals surface area contributed by atoms with Crippen molar-refractivity contribution >= 4 is 45.2 Å². The summed E-state index contributed by atoms with van der Waals surface area (Å²) >= 11 is 8.05. The summed E-state index contributed by atoms with van der Waals surface area (Å²) in [5.74, 6) is 1.02. The molecule has 0 spiro atoms. The first kappa shape index (κ1) is 10.9. The number of aromatic amines is 1. The highest BCUT2D eigenvalue weighted by Gasteiger charge is 2.08. The van der Waals surface area contributed by atoms with Crippen molar-refractivity contribution in [3.05, 3.63) is 35.6 Å². The van der Waals surface area contributed by atoms with Crippen molar-refractivity contribution in [1.29, 1.82) is 0 Å². The number of aromatic nitrogens is 2. The monoisotopic (exact) mass is 262 g/mol. The molecule has 0 fully saturated rings. The van der Waals surface area contributed by atoms with Crippen LogP contribution in [0.1, 0.15) is 6.92 Å². The molecule has 0 bridgehead atoms. The molecule has 0 saturated carbocycles. The van der Waals surface area contributed by atoms with Crippen molar-refractivity contribution < 1.29 is 0 Å². The fraction of sp³-hybridized carbons (Fsp3) is 0.154. The van der Waals surface area contributed by atoms with E-state index in [4.69, 9.17) is 11.6 Å². The van der Waals surface area contributed by atoms with E-state index in [1.165, 1.54) is 5.39 Å². The second-order valence-electron chi connectivity index (χ2n) is 3.81. The summed E-state index contributed by atoms with van der Waals surface area (Å²) in [6.45, 7) is 2.13. The number of rotatable bonds is 2. The Hall–Kier alpha value is -1.19. The molecule has 2 heterocycles. The lowest BCUT2D eigenvalue weighted by atomic mass is 10.2. The first-order chi connectivity index (χ1) is 8.29. The normalized spacial score (nSPS) is 11.4. The number of H-pyrrole nitrogens is 1. The Bertz CT molecular complexity index is 690. The van der Waals surface area contributed by atoms with Gasteiger partial charge in [-0.25, -0.2) is 0 Å². The fourth-order valence-corrected chi connectivity index (χ4v) is 3.06. The molecular weight excluding hydrogens is 252 g/mol. The molecule has 17 heavy (non-hydrogen) atoms. The van der Waals surface area contributed by atoms with Crippen LogP contribution < -0.4 is 0 Å². The zero-order chi connectivity index (χ0) is 11.8. The van der Waals surface area contributed by atoms with Crippen molar-refractivity contribution in [1.82, 2.24) is 9.97 Å². The first-order valence-corrected chi connectivity index (χ1v) is 6.83. The van der Waals surface area contributed by atoms with Crippen molar-refractivity contribution in [2.45, 2.75) is 11.8 Å². The average molecular weight is 263 g/mol. The Labute approximate surface area is 108 Å². The third kappa shape index (κ3) is 1.79. The van der Waals surface area contributed by atoms with Crippen LogP contribution in [-0.2, 0) is 0 Å². The van der Waals surface area contributed by atoms with Gasteiger partial charge in [-0.1, -0.05) is 18.5 Å². The number of thioether (sulfide) groups is 1. The van der Waals surface area contributed by atoms with Crippen LogP contribution >= 0.6 is 23.4 Å².